The van der Waals surface area contributed by atoms with Crippen LogP contribution in [0.1, 0.15) is 0 Å². The van der Waals surface area contributed by atoms with Gasteiger partial charge in [0.05, 0.1) is 22.4 Å². The van der Waals surface area contributed by atoms with E-state index in [1.54, 1.807) is 18.2 Å². The third-order valence-electron chi connectivity index (χ3n) is 2.80. The summed E-state index contributed by atoms with van der Waals surface area (Å²) in [6.45, 7) is 0. The lowest BCUT2D eigenvalue weighted by atomic mass is 10.0. The molecule has 0 spiro atoms. The van der Waals surface area contributed by atoms with E-state index in [0.717, 1.165) is 0 Å². The Balaban J connectivity index is 2.27. The molecule has 4 nitrogen and oxygen atoms in total. The zero-order valence-electron chi connectivity index (χ0n) is 9.86. The Morgan fingerprint density at radius 1 is 1.25 bits per heavy atom. The predicted molar refractivity (Wildman–Crippen MR) is 76.7 cm³/mol. The minimum atomic E-state index is -0.579. The molecule has 0 fully saturated rings. The maximum Gasteiger partial charge on any atom is 0.181 e. The predicted octanol–water partition coefficient (Wildman–Crippen LogP) is 4.74. The quantitative estimate of drug-likeness (QED) is 0.719. The molecule has 0 saturated carbocycles. The molecule has 3 rings (SSSR count). The second-order valence-corrected chi connectivity index (χ2v) is 5.11. The van der Waals surface area contributed by atoms with Crippen molar-refractivity contribution in [2.75, 3.05) is 5.73 Å². The van der Waals surface area contributed by atoms with Crippen molar-refractivity contribution in [3.63, 3.8) is 0 Å². The van der Waals surface area contributed by atoms with E-state index in [2.05, 4.69) is 21.1 Å². The van der Waals surface area contributed by atoms with Crippen molar-refractivity contribution in [1.82, 2.24) is 5.16 Å². The molecule has 0 aliphatic rings. The second kappa shape index (κ2) is 4.96. The summed E-state index contributed by atoms with van der Waals surface area (Å²) >= 11 is 9.03. The SMILES string of the molecule is Nc1noc(-c2ccoc2Br)c1-c1cccc(Cl)c1F. The zero-order chi connectivity index (χ0) is 14.3. The van der Waals surface area contributed by atoms with Crippen LogP contribution in [-0.2, 0) is 0 Å². The summed E-state index contributed by atoms with van der Waals surface area (Å²) in [5.74, 6) is -0.191. The second-order valence-electron chi connectivity index (χ2n) is 3.98. The first-order chi connectivity index (χ1) is 9.59. The van der Waals surface area contributed by atoms with Crippen LogP contribution >= 0.6 is 27.5 Å². The number of nitrogen functional groups attached to an aromatic ring is 1. The van der Waals surface area contributed by atoms with Gasteiger partial charge in [0, 0.05) is 5.56 Å². The molecule has 2 heterocycles. The van der Waals surface area contributed by atoms with Gasteiger partial charge in [0.15, 0.2) is 16.2 Å². The number of benzene rings is 1. The molecule has 7 heteroatoms. The van der Waals surface area contributed by atoms with E-state index in [1.165, 1.54) is 12.3 Å². The maximum atomic E-state index is 14.2. The Morgan fingerprint density at radius 3 is 2.75 bits per heavy atom. The van der Waals surface area contributed by atoms with Gasteiger partial charge in [-0.05, 0) is 28.1 Å². The molecule has 0 radical (unpaired) electrons. The fourth-order valence-corrected chi connectivity index (χ4v) is 2.49. The molecule has 0 unspecified atom stereocenters. The number of nitrogens with zero attached hydrogens (tertiary/aromatic N) is 1. The summed E-state index contributed by atoms with van der Waals surface area (Å²) in [7, 11) is 0. The third-order valence-corrected chi connectivity index (χ3v) is 3.71. The summed E-state index contributed by atoms with van der Waals surface area (Å²) < 4.78 is 25.0. The molecule has 102 valence electrons. The van der Waals surface area contributed by atoms with Crippen molar-refractivity contribution in [2.45, 2.75) is 0 Å². The van der Waals surface area contributed by atoms with E-state index in [0.29, 0.717) is 21.6 Å². The van der Waals surface area contributed by atoms with Crippen LogP contribution in [0.5, 0.6) is 0 Å². The van der Waals surface area contributed by atoms with Gasteiger partial charge in [-0.3, -0.25) is 0 Å². The van der Waals surface area contributed by atoms with Gasteiger partial charge in [-0.25, -0.2) is 4.39 Å². The molecule has 0 bridgehead atoms. The number of hydrogen-bond acceptors (Lipinski definition) is 4. The van der Waals surface area contributed by atoms with Gasteiger partial charge in [0.1, 0.15) is 5.82 Å². The highest BCUT2D eigenvalue weighted by Crippen LogP contribution is 2.41. The molecule has 2 aromatic heterocycles. The number of aromatic nitrogens is 1. The molecule has 1 aromatic carbocycles. The van der Waals surface area contributed by atoms with E-state index in [9.17, 15) is 4.39 Å². The monoisotopic (exact) mass is 356 g/mol. The lowest BCUT2D eigenvalue weighted by Gasteiger charge is -2.04. The van der Waals surface area contributed by atoms with Crippen LogP contribution in [0.15, 0.2) is 44.1 Å². The van der Waals surface area contributed by atoms with E-state index >= 15 is 0 Å². The third kappa shape index (κ3) is 2.01. The minimum absolute atomic E-state index is 0.000286. The van der Waals surface area contributed by atoms with Crippen molar-refractivity contribution in [3.05, 3.63) is 46.0 Å². The van der Waals surface area contributed by atoms with Crippen molar-refractivity contribution >= 4 is 33.3 Å². The maximum absolute atomic E-state index is 14.2. The topological polar surface area (TPSA) is 65.2 Å². The molecule has 20 heavy (non-hydrogen) atoms. The standard InChI is InChI=1S/C13H7BrClFN2O2/c14-12-7(4-5-19-12)11-9(13(17)18-20-11)6-2-1-3-8(15)10(6)16/h1-5H,(H2,17,18). The lowest BCUT2D eigenvalue weighted by Crippen LogP contribution is -1.92. The van der Waals surface area contributed by atoms with Gasteiger partial charge in [0.2, 0.25) is 0 Å². The largest absolute Gasteiger partial charge is 0.457 e. The number of rotatable bonds is 2. The fourth-order valence-electron chi connectivity index (χ4n) is 1.90. The molecule has 0 aliphatic carbocycles. The molecule has 0 aliphatic heterocycles. The normalized spacial score (nSPS) is 10.9. The average Bonchev–Trinajstić information content (AvgIpc) is 2.99. The lowest BCUT2D eigenvalue weighted by molar-refractivity contribution is 0.434. The van der Waals surface area contributed by atoms with Gasteiger partial charge < -0.3 is 14.7 Å². The molecule has 0 amide bonds. The van der Waals surface area contributed by atoms with E-state index in [1.807, 2.05) is 0 Å². The number of nitrogens with two attached hydrogens (primary N) is 1. The highest BCUT2D eigenvalue weighted by Gasteiger charge is 2.23. The highest BCUT2D eigenvalue weighted by molar-refractivity contribution is 9.10. The summed E-state index contributed by atoms with van der Waals surface area (Å²) in [4.78, 5) is 0. The average molecular weight is 358 g/mol. The van der Waals surface area contributed by atoms with Crippen LogP contribution in [0.25, 0.3) is 22.5 Å². The van der Waals surface area contributed by atoms with Gasteiger partial charge in [-0.2, -0.15) is 0 Å². The summed E-state index contributed by atoms with van der Waals surface area (Å²) in [5, 5.41) is 3.69. The van der Waals surface area contributed by atoms with Crippen LogP contribution in [0.4, 0.5) is 10.2 Å². The van der Waals surface area contributed by atoms with Crippen molar-refractivity contribution in [3.8, 4) is 22.5 Å². The first-order valence-electron chi connectivity index (χ1n) is 5.52. The first-order valence-corrected chi connectivity index (χ1v) is 6.69. The van der Waals surface area contributed by atoms with Crippen LogP contribution in [-0.4, -0.2) is 5.16 Å². The first kappa shape index (κ1) is 13.2. The summed E-state index contributed by atoms with van der Waals surface area (Å²) in [6.07, 6.45) is 1.47. The van der Waals surface area contributed by atoms with E-state index in [-0.39, 0.29) is 16.4 Å². The smallest absolute Gasteiger partial charge is 0.181 e. The van der Waals surface area contributed by atoms with Crippen LogP contribution in [0.2, 0.25) is 5.02 Å². The van der Waals surface area contributed by atoms with Gasteiger partial charge in [-0.15, -0.1) is 0 Å². The summed E-state index contributed by atoms with van der Waals surface area (Å²) in [6, 6.07) is 6.30. The Bertz CT molecular complexity index is 785. The van der Waals surface area contributed by atoms with Crippen LogP contribution in [0.3, 0.4) is 0 Å². The molecule has 3 aromatic rings. The number of anilines is 1. The Labute approximate surface area is 126 Å². The number of hydrogen-bond donors (Lipinski definition) is 1. The van der Waals surface area contributed by atoms with Gasteiger partial charge in [0.25, 0.3) is 0 Å². The van der Waals surface area contributed by atoms with E-state index in [4.69, 9.17) is 26.3 Å². The van der Waals surface area contributed by atoms with Crippen molar-refractivity contribution in [2.24, 2.45) is 0 Å². The fraction of sp³-hybridized carbons (Fsp3) is 0. The molecule has 0 atom stereocenters. The minimum Gasteiger partial charge on any atom is -0.457 e. The number of halogens is 3. The van der Waals surface area contributed by atoms with E-state index < -0.39 is 5.82 Å². The Morgan fingerprint density at radius 2 is 2.05 bits per heavy atom. The van der Waals surface area contributed by atoms with Crippen molar-refractivity contribution in [1.29, 1.82) is 0 Å². The van der Waals surface area contributed by atoms with Crippen LogP contribution < -0.4 is 5.73 Å². The highest BCUT2D eigenvalue weighted by atomic mass is 79.9. The van der Waals surface area contributed by atoms with Gasteiger partial charge >= 0.3 is 0 Å². The molecular weight excluding hydrogens is 351 g/mol. The van der Waals surface area contributed by atoms with Crippen molar-refractivity contribution < 1.29 is 13.3 Å². The summed E-state index contributed by atoms with van der Waals surface area (Å²) in [5.41, 5.74) is 6.94. The number of furan rings is 1. The molecular formula is C13H7BrClFN2O2. The van der Waals surface area contributed by atoms with Crippen LogP contribution in [0, 0.1) is 5.82 Å². The zero-order valence-corrected chi connectivity index (χ0v) is 12.2. The Hall–Kier alpha value is -1.79. The Kier molecular flexibility index (Phi) is 3.27. The molecule has 0 saturated heterocycles. The molecule has 2 N–H and O–H groups in total. The van der Waals surface area contributed by atoms with Gasteiger partial charge in [-0.1, -0.05) is 28.9 Å².